The normalized spacial score (nSPS) is 12.9. The highest BCUT2D eigenvalue weighted by Gasteiger charge is 2.17. The van der Waals surface area contributed by atoms with E-state index in [0.29, 0.717) is 12.4 Å². The lowest BCUT2D eigenvalue weighted by Gasteiger charge is -2.05. The van der Waals surface area contributed by atoms with Crippen molar-refractivity contribution in [2.24, 2.45) is 0 Å². The molecule has 0 saturated carbocycles. The van der Waals surface area contributed by atoms with E-state index in [4.69, 9.17) is 4.52 Å². The fraction of sp³-hybridized carbons (Fsp3) is 0.333. The summed E-state index contributed by atoms with van der Waals surface area (Å²) >= 11 is 0. The van der Waals surface area contributed by atoms with Crippen LogP contribution in [0.15, 0.2) is 34.9 Å². The molecule has 0 bridgehead atoms. The summed E-state index contributed by atoms with van der Waals surface area (Å²) in [6.07, 6.45) is -0.861. The Morgan fingerprint density at radius 1 is 1.29 bits per heavy atom. The Morgan fingerprint density at radius 3 is 2.65 bits per heavy atom. The van der Waals surface area contributed by atoms with E-state index in [1.165, 1.54) is 0 Å². The summed E-state index contributed by atoms with van der Waals surface area (Å²) in [5.74, 6) is 0.799. The van der Waals surface area contributed by atoms with E-state index < -0.39 is 6.10 Å². The maximum Gasteiger partial charge on any atom is 0.260 e. The van der Waals surface area contributed by atoms with Gasteiger partial charge in [-0.3, -0.25) is 0 Å². The molecule has 17 heavy (non-hydrogen) atoms. The van der Waals surface area contributed by atoms with Crippen molar-refractivity contribution in [1.29, 1.82) is 0 Å². The molecule has 5 heteroatoms. The van der Waals surface area contributed by atoms with Gasteiger partial charge in [-0.2, -0.15) is 4.98 Å². The molecule has 1 aromatic carbocycles. The Labute approximate surface area is 99.7 Å². The third-order valence-electron chi connectivity index (χ3n) is 2.29. The highest BCUT2D eigenvalue weighted by molar-refractivity contribution is 5.21. The number of aliphatic hydroxyl groups is 1. The van der Waals surface area contributed by atoms with Crippen molar-refractivity contribution in [1.82, 2.24) is 15.0 Å². The van der Waals surface area contributed by atoms with Gasteiger partial charge < -0.3 is 14.5 Å². The zero-order valence-corrected chi connectivity index (χ0v) is 9.87. The molecule has 0 aliphatic rings. The number of nitrogens with zero attached hydrogens (tertiary/aromatic N) is 3. The smallest absolute Gasteiger partial charge is 0.260 e. The van der Waals surface area contributed by atoms with Crippen LogP contribution < -0.4 is 0 Å². The Kier molecular flexibility index (Phi) is 3.51. The number of hydrogen-bond donors (Lipinski definition) is 1. The maximum absolute atomic E-state index is 10.0. The van der Waals surface area contributed by atoms with Crippen LogP contribution in [0.5, 0.6) is 0 Å². The van der Waals surface area contributed by atoms with E-state index in [1.807, 2.05) is 49.3 Å². The van der Waals surface area contributed by atoms with Gasteiger partial charge in [-0.05, 0) is 19.7 Å². The van der Waals surface area contributed by atoms with Crippen LogP contribution in [0, 0.1) is 0 Å². The minimum atomic E-state index is -0.861. The Bertz CT molecular complexity index is 468. The second-order valence-corrected chi connectivity index (χ2v) is 4.10. The highest BCUT2D eigenvalue weighted by atomic mass is 16.5. The molecule has 1 atom stereocenters. The lowest BCUT2D eigenvalue weighted by Crippen LogP contribution is -2.12. The number of rotatable bonds is 4. The third-order valence-corrected chi connectivity index (χ3v) is 2.29. The van der Waals surface area contributed by atoms with Gasteiger partial charge in [0.05, 0.1) is 6.54 Å². The van der Waals surface area contributed by atoms with E-state index in [-0.39, 0.29) is 5.89 Å². The molecule has 0 aliphatic heterocycles. The molecule has 1 heterocycles. The lowest BCUT2D eigenvalue weighted by molar-refractivity contribution is 0.170. The van der Waals surface area contributed by atoms with Crippen LogP contribution in [0.2, 0.25) is 0 Å². The van der Waals surface area contributed by atoms with Crippen LogP contribution in [0.1, 0.15) is 23.4 Å². The molecule has 0 spiro atoms. The molecule has 0 amide bonds. The molecule has 90 valence electrons. The number of hydrogen-bond acceptors (Lipinski definition) is 5. The molecule has 1 N–H and O–H groups in total. The number of aromatic nitrogens is 2. The molecule has 0 saturated heterocycles. The first-order valence-corrected chi connectivity index (χ1v) is 5.37. The second kappa shape index (κ2) is 5.07. The molecule has 0 fully saturated rings. The monoisotopic (exact) mass is 233 g/mol. The van der Waals surface area contributed by atoms with E-state index >= 15 is 0 Å². The minimum absolute atomic E-state index is 0.230. The molecule has 2 aromatic rings. The van der Waals surface area contributed by atoms with Crippen LogP contribution in [0.25, 0.3) is 0 Å². The largest absolute Gasteiger partial charge is 0.378 e. The van der Waals surface area contributed by atoms with Crippen molar-refractivity contribution in [2.45, 2.75) is 12.6 Å². The summed E-state index contributed by atoms with van der Waals surface area (Å²) in [5.41, 5.74) is 0.743. The molecule has 0 aliphatic carbocycles. The molecule has 1 unspecified atom stereocenters. The van der Waals surface area contributed by atoms with Gasteiger partial charge in [0, 0.05) is 0 Å². The van der Waals surface area contributed by atoms with Gasteiger partial charge in [-0.1, -0.05) is 35.5 Å². The molecular formula is C12H15N3O2. The predicted molar refractivity (Wildman–Crippen MR) is 62.2 cm³/mol. The topological polar surface area (TPSA) is 62.4 Å². The first kappa shape index (κ1) is 11.8. The van der Waals surface area contributed by atoms with Crippen LogP contribution in [0.3, 0.4) is 0 Å². The quantitative estimate of drug-likeness (QED) is 0.860. The number of aliphatic hydroxyl groups excluding tert-OH is 1. The van der Waals surface area contributed by atoms with Crippen LogP contribution in [0.4, 0.5) is 0 Å². The fourth-order valence-electron chi connectivity index (χ4n) is 1.50. The number of benzene rings is 1. The first-order chi connectivity index (χ1) is 8.16. The van der Waals surface area contributed by atoms with Gasteiger partial charge in [0.1, 0.15) is 0 Å². The second-order valence-electron chi connectivity index (χ2n) is 4.10. The van der Waals surface area contributed by atoms with Crippen molar-refractivity contribution in [3.05, 3.63) is 47.6 Å². The average molecular weight is 233 g/mol. The third kappa shape index (κ3) is 2.89. The zero-order valence-electron chi connectivity index (χ0n) is 9.87. The molecule has 2 rings (SSSR count). The highest BCUT2D eigenvalue weighted by Crippen LogP contribution is 2.19. The Hall–Kier alpha value is -1.72. The van der Waals surface area contributed by atoms with E-state index in [0.717, 1.165) is 5.56 Å². The van der Waals surface area contributed by atoms with E-state index in [2.05, 4.69) is 10.1 Å². The van der Waals surface area contributed by atoms with E-state index in [9.17, 15) is 5.11 Å². The van der Waals surface area contributed by atoms with Gasteiger partial charge >= 0.3 is 0 Å². The fourth-order valence-corrected chi connectivity index (χ4v) is 1.50. The summed E-state index contributed by atoms with van der Waals surface area (Å²) in [6, 6.07) is 9.24. The van der Waals surface area contributed by atoms with Crippen molar-refractivity contribution >= 4 is 0 Å². The lowest BCUT2D eigenvalue weighted by atomic mass is 10.1. The van der Waals surface area contributed by atoms with Gasteiger partial charge in [-0.15, -0.1) is 0 Å². The standard InChI is InChI=1S/C12H15N3O2/c1-15(2)8-10-13-12(17-14-10)11(16)9-6-4-3-5-7-9/h3-7,11,16H,8H2,1-2H3. The van der Waals surface area contributed by atoms with Gasteiger partial charge in [0.15, 0.2) is 11.9 Å². The first-order valence-electron chi connectivity index (χ1n) is 5.37. The van der Waals surface area contributed by atoms with E-state index in [1.54, 1.807) is 0 Å². The van der Waals surface area contributed by atoms with Crippen molar-refractivity contribution in [3.63, 3.8) is 0 Å². The van der Waals surface area contributed by atoms with Gasteiger partial charge in [-0.25, -0.2) is 0 Å². The average Bonchev–Trinajstić information content (AvgIpc) is 2.77. The maximum atomic E-state index is 10.0. The van der Waals surface area contributed by atoms with Gasteiger partial charge in [0.25, 0.3) is 5.89 Å². The van der Waals surface area contributed by atoms with Gasteiger partial charge in [0.2, 0.25) is 0 Å². The van der Waals surface area contributed by atoms with Crippen molar-refractivity contribution in [3.8, 4) is 0 Å². The SMILES string of the molecule is CN(C)Cc1noc(C(O)c2ccccc2)n1. The summed E-state index contributed by atoms with van der Waals surface area (Å²) in [6.45, 7) is 0.588. The predicted octanol–water partition coefficient (Wildman–Crippen LogP) is 1.21. The van der Waals surface area contributed by atoms with Crippen LogP contribution in [-0.4, -0.2) is 34.2 Å². The minimum Gasteiger partial charge on any atom is -0.378 e. The van der Waals surface area contributed by atoms with Crippen LogP contribution in [-0.2, 0) is 6.54 Å². The summed E-state index contributed by atoms with van der Waals surface area (Å²) in [4.78, 5) is 6.09. The molecule has 1 aromatic heterocycles. The van der Waals surface area contributed by atoms with Crippen LogP contribution >= 0.6 is 0 Å². The molecular weight excluding hydrogens is 218 g/mol. The van der Waals surface area contributed by atoms with Crippen molar-refractivity contribution in [2.75, 3.05) is 14.1 Å². The Balaban J connectivity index is 2.15. The molecule has 0 radical (unpaired) electrons. The zero-order chi connectivity index (χ0) is 12.3. The summed E-state index contributed by atoms with van der Waals surface area (Å²) in [7, 11) is 3.84. The Morgan fingerprint density at radius 2 is 2.00 bits per heavy atom. The summed E-state index contributed by atoms with van der Waals surface area (Å²) in [5, 5.41) is 13.8. The summed E-state index contributed by atoms with van der Waals surface area (Å²) < 4.78 is 5.04. The molecule has 5 nitrogen and oxygen atoms in total. The van der Waals surface area contributed by atoms with Crippen molar-refractivity contribution < 1.29 is 9.63 Å².